The number of thioether (sulfide) groups is 1. The fraction of sp³-hybridized carbons (Fsp3) is 0.724. The molecule has 1 aromatic heterocycles. The van der Waals surface area contributed by atoms with Gasteiger partial charge in [0.15, 0.2) is 11.2 Å². The van der Waals surface area contributed by atoms with Gasteiger partial charge in [0.2, 0.25) is 6.23 Å². The number of anilines is 1. The third kappa shape index (κ3) is 11.8. The van der Waals surface area contributed by atoms with Crippen LogP contribution in [0.1, 0.15) is 103 Å². The van der Waals surface area contributed by atoms with Crippen LogP contribution in [0.2, 0.25) is 0 Å². The summed E-state index contributed by atoms with van der Waals surface area (Å²) in [5, 5.41) is 19.6. The third-order valence-corrected chi connectivity index (χ3v) is 7.99. The standard InChI is InChI=1S/C29H46F2N4O6S/c1-2-3-4-5-6-7-8-9-10-11-12-13-14-15-16-17-23(37)42-25(32)26(39)33-22-18-19-35(28(40)34-22)27-29(30,31)24(38)21(20-36)41-27/h9-10,18-19,21,24-25,27,36,38H,2-8,11-17,20,32H2,1H3,(H,33,34,39,40)/b10-9+. The molecule has 0 spiro atoms. The van der Waals surface area contributed by atoms with Crippen molar-refractivity contribution in [3.8, 4) is 0 Å². The van der Waals surface area contributed by atoms with Gasteiger partial charge in [0, 0.05) is 12.6 Å². The molecule has 238 valence electrons. The van der Waals surface area contributed by atoms with E-state index in [0.29, 0.717) is 22.7 Å². The molecule has 1 aliphatic rings. The second-order valence-corrected chi connectivity index (χ2v) is 11.8. The van der Waals surface area contributed by atoms with Crippen LogP contribution in [0.25, 0.3) is 0 Å². The summed E-state index contributed by atoms with van der Waals surface area (Å²) >= 11 is 0.680. The summed E-state index contributed by atoms with van der Waals surface area (Å²) in [4.78, 5) is 40.5. The Morgan fingerprint density at radius 1 is 1.12 bits per heavy atom. The molecule has 10 nitrogen and oxygen atoms in total. The predicted molar refractivity (Wildman–Crippen MR) is 159 cm³/mol. The lowest BCUT2D eigenvalue weighted by Gasteiger charge is -2.21. The SMILES string of the molecule is CCCCCCCC/C=C/CCCCCCCC(=O)SC(N)C(=O)Nc1ccn(C2OC(CO)C(O)C2(F)F)c(=O)n1. The Bertz CT molecular complexity index is 1060. The molecule has 2 heterocycles. The van der Waals surface area contributed by atoms with Gasteiger partial charge in [-0.3, -0.25) is 14.2 Å². The van der Waals surface area contributed by atoms with Gasteiger partial charge >= 0.3 is 11.6 Å². The maximum Gasteiger partial charge on any atom is 0.351 e. The van der Waals surface area contributed by atoms with E-state index in [-0.39, 0.29) is 17.4 Å². The monoisotopic (exact) mass is 616 g/mol. The topological polar surface area (TPSA) is 157 Å². The van der Waals surface area contributed by atoms with Crippen molar-refractivity contribution in [2.45, 2.75) is 127 Å². The number of nitrogens with zero attached hydrogens (tertiary/aromatic N) is 2. The molecule has 1 amide bonds. The average molecular weight is 617 g/mol. The highest BCUT2D eigenvalue weighted by Crippen LogP contribution is 2.42. The maximum absolute atomic E-state index is 14.3. The molecule has 13 heteroatoms. The first-order valence-electron chi connectivity index (χ1n) is 14.9. The van der Waals surface area contributed by atoms with E-state index in [1.165, 1.54) is 38.5 Å². The summed E-state index contributed by atoms with van der Waals surface area (Å²) in [6.45, 7) is 1.36. The van der Waals surface area contributed by atoms with Crippen molar-refractivity contribution in [1.29, 1.82) is 0 Å². The number of hydrogen-bond donors (Lipinski definition) is 4. The van der Waals surface area contributed by atoms with Crippen molar-refractivity contribution >= 4 is 28.6 Å². The van der Waals surface area contributed by atoms with Crippen molar-refractivity contribution in [2.24, 2.45) is 5.73 Å². The zero-order valence-corrected chi connectivity index (χ0v) is 25.2. The first-order valence-corrected chi connectivity index (χ1v) is 15.8. The Balaban J connectivity index is 1.61. The summed E-state index contributed by atoms with van der Waals surface area (Å²) in [5.74, 6) is -4.88. The number of hydrogen-bond acceptors (Lipinski definition) is 9. The summed E-state index contributed by atoms with van der Waals surface area (Å²) in [6, 6.07) is 1.09. The van der Waals surface area contributed by atoms with Crippen LogP contribution in [0.15, 0.2) is 29.2 Å². The van der Waals surface area contributed by atoms with Crippen LogP contribution in [-0.4, -0.2) is 60.9 Å². The third-order valence-electron chi connectivity index (χ3n) is 7.05. The smallest absolute Gasteiger partial charge is 0.351 e. The number of aliphatic hydroxyl groups is 2. The normalized spacial score (nSPS) is 20.7. The molecule has 0 saturated carbocycles. The molecule has 4 unspecified atom stereocenters. The molecule has 0 radical (unpaired) electrons. The Kier molecular flexibility index (Phi) is 16.4. The van der Waals surface area contributed by atoms with Crippen molar-refractivity contribution < 1.29 is 33.3 Å². The number of aromatic nitrogens is 2. The molecule has 1 fully saturated rings. The van der Waals surface area contributed by atoms with Gasteiger partial charge in [-0.1, -0.05) is 82.2 Å². The lowest BCUT2D eigenvalue weighted by molar-refractivity contribution is -0.141. The first kappa shape index (κ1) is 36.0. The second kappa shape index (κ2) is 19.2. The Morgan fingerprint density at radius 2 is 1.71 bits per heavy atom. The van der Waals surface area contributed by atoms with Gasteiger partial charge in [-0.15, -0.1) is 0 Å². The zero-order valence-electron chi connectivity index (χ0n) is 24.4. The fourth-order valence-corrected chi connectivity index (χ4v) is 5.28. The number of allylic oxidation sites excluding steroid dienone is 2. The van der Waals surface area contributed by atoms with Crippen molar-refractivity contribution in [3.63, 3.8) is 0 Å². The van der Waals surface area contributed by atoms with Gasteiger partial charge in [-0.25, -0.2) is 4.79 Å². The quantitative estimate of drug-likeness (QED) is 0.0930. The maximum atomic E-state index is 14.3. The average Bonchev–Trinajstić information content (AvgIpc) is 3.18. The van der Waals surface area contributed by atoms with E-state index in [0.717, 1.165) is 50.8 Å². The van der Waals surface area contributed by atoms with E-state index in [9.17, 15) is 28.3 Å². The number of unbranched alkanes of at least 4 members (excludes halogenated alkanes) is 11. The number of nitrogens with two attached hydrogens (primary N) is 1. The van der Waals surface area contributed by atoms with E-state index in [1.54, 1.807) is 0 Å². The van der Waals surface area contributed by atoms with Gasteiger partial charge < -0.3 is 26.0 Å². The number of alkyl halides is 2. The summed E-state index contributed by atoms with van der Waals surface area (Å²) in [5.41, 5.74) is 4.64. The lowest BCUT2D eigenvalue weighted by atomic mass is 10.1. The van der Waals surface area contributed by atoms with Crippen molar-refractivity contribution in [1.82, 2.24) is 9.55 Å². The molecule has 1 saturated heterocycles. The molecule has 2 rings (SSSR count). The van der Waals surface area contributed by atoms with Gasteiger partial charge in [0.05, 0.1) is 6.61 Å². The number of halogens is 2. The van der Waals surface area contributed by atoms with Crippen molar-refractivity contribution in [3.05, 3.63) is 34.9 Å². The molecular formula is C29H46F2N4O6S. The van der Waals surface area contributed by atoms with Crippen molar-refractivity contribution in [2.75, 3.05) is 11.9 Å². The predicted octanol–water partition coefficient (Wildman–Crippen LogP) is 4.65. The minimum absolute atomic E-state index is 0.226. The summed E-state index contributed by atoms with van der Waals surface area (Å²) in [6.07, 6.45) is 14.7. The highest BCUT2D eigenvalue weighted by atomic mass is 32.2. The van der Waals surface area contributed by atoms with E-state index < -0.39 is 47.9 Å². The first-order chi connectivity index (χ1) is 20.1. The molecule has 4 atom stereocenters. The van der Waals surface area contributed by atoms with Crippen LogP contribution < -0.4 is 16.7 Å². The van der Waals surface area contributed by atoms with Crippen LogP contribution in [0, 0.1) is 0 Å². The summed E-state index contributed by atoms with van der Waals surface area (Å²) < 4.78 is 34.0. The largest absolute Gasteiger partial charge is 0.394 e. The number of nitrogens with one attached hydrogen (secondary N) is 1. The van der Waals surface area contributed by atoms with Crippen LogP contribution in [0.4, 0.5) is 14.6 Å². The number of carbonyl (C=O) groups excluding carboxylic acids is 2. The van der Waals surface area contributed by atoms with Crippen LogP contribution >= 0.6 is 11.8 Å². The lowest BCUT2D eigenvalue weighted by Crippen LogP contribution is -2.42. The minimum Gasteiger partial charge on any atom is -0.394 e. The van der Waals surface area contributed by atoms with Gasteiger partial charge in [-0.2, -0.15) is 13.8 Å². The van der Waals surface area contributed by atoms with Gasteiger partial charge in [0.25, 0.3) is 5.91 Å². The Labute approximate surface area is 250 Å². The molecule has 1 aliphatic heterocycles. The summed E-state index contributed by atoms with van der Waals surface area (Å²) in [7, 11) is 0. The molecule has 0 aliphatic carbocycles. The van der Waals surface area contributed by atoms with Gasteiger partial charge in [0.1, 0.15) is 17.3 Å². The van der Waals surface area contributed by atoms with Crippen LogP contribution in [0.3, 0.4) is 0 Å². The minimum atomic E-state index is -3.85. The molecule has 5 N–H and O–H groups in total. The highest BCUT2D eigenvalue weighted by Gasteiger charge is 2.59. The van der Waals surface area contributed by atoms with E-state index >= 15 is 0 Å². The Morgan fingerprint density at radius 3 is 2.29 bits per heavy atom. The fourth-order valence-electron chi connectivity index (χ4n) is 4.57. The van der Waals surface area contributed by atoms with Crippen LogP contribution in [0.5, 0.6) is 0 Å². The Hall–Kier alpha value is -2.19. The highest BCUT2D eigenvalue weighted by molar-refractivity contribution is 8.14. The van der Waals surface area contributed by atoms with Crippen LogP contribution in [-0.2, 0) is 14.3 Å². The van der Waals surface area contributed by atoms with E-state index in [1.807, 2.05) is 0 Å². The molecule has 1 aromatic rings. The number of ether oxygens (including phenoxy) is 1. The zero-order chi connectivity index (χ0) is 31.0. The number of rotatable bonds is 20. The second-order valence-electron chi connectivity index (χ2n) is 10.6. The number of amides is 1. The van der Waals surface area contributed by atoms with E-state index in [4.69, 9.17) is 15.6 Å². The molecule has 0 bridgehead atoms. The molecule has 42 heavy (non-hydrogen) atoms. The van der Waals surface area contributed by atoms with Gasteiger partial charge in [-0.05, 0) is 38.2 Å². The number of carbonyl (C=O) groups is 2. The van der Waals surface area contributed by atoms with E-state index in [2.05, 4.69) is 29.4 Å². The molecule has 0 aromatic carbocycles. The number of aliphatic hydroxyl groups excluding tert-OH is 2. The molecular weight excluding hydrogens is 570 g/mol.